The first kappa shape index (κ1) is 75.0. The van der Waals surface area contributed by atoms with Gasteiger partial charge in [0.15, 0.2) is 6.23 Å². The molecule has 8 rings (SSSR count). The first-order valence-electron chi connectivity index (χ1n) is 30.7. The van der Waals surface area contributed by atoms with Crippen LogP contribution in [0, 0.1) is 71.0 Å². The number of ether oxygens (including phenoxy) is 1. The van der Waals surface area contributed by atoms with Gasteiger partial charge in [-0.3, -0.25) is 53.1 Å². The maximum Gasteiger partial charge on any atom is 3.00 e. The molecule has 8 bridgehead atoms. The maximum absolute atomic E-state index is 14.4. The molecule has 15 atom stereocenters. The molecule has 15 N–H and O–H groups in total. The molecule has 2 aromatic rings. The van der Waals surface area contributed by atoms with Crippen LogP contribution in [0.25, 0.3) is 16.4 Å². The minimum absolute atomic E-state index is 0. The van der Waals surface area contributed by atoms with Gasteiger partial charge in [0.25, 0.3) is 7.82 Å². The number of aromatic nitrogens is 2. The quantitative estimate of drug-likeness (QED) is 0.0481. The molecule has 2 saturated heterocycles. The minimum atomic E-state index is -5.32. The van der Waals surface area contributed by atoms with Crippen molar-refractivity contribution in [2.75, 3.05) is 13.2 Å². The number of primary amides is 6. The fourth-order valence-electron chi connectivity index (χ4n) is 15.3. The van der Waals surface area contributed by atoms with Gasteiger partial charge in [0.2, 0.25) is 41.4 Å². The predicted octanol–water partition coefficient (Wildman–Crippen LogP) is 3.41. The van der Waals surface area contributed by atoms with E-state index < -0.39 is 143 Å². The Morgan fingerprint density at radius 2 is 1.39 bits per heavy atom. The van der Waals surface area contributed by atoms with Crippen LogP contribution >= 0.6 is 7.82 Å². The van der Waals surface area contributed by atoms with Crippen LogP contribution in [-0.2, 0) is 68.7 Å². The third-order valence-electron chi connectivity index (χ3n) is 20.5. The molecule has 0 saturated carbocycles. The zero-order valence-electron chi connectivity index (χ0n) is 54.4. The molecule has 7 amide bonds. The monoisotopic (exact) mass is 1350 g/mol. The second-order valence-electron chi connectivity index (χ2n) is 27.0. The Labute approximate surface area is 551 Å². The van der Waals surface area contributed by atoms with E-state index in [2.05, 4.69) is 10.3 Å². The number of aliphatic hydroxyl groups excluding tert-OH is 2. The Balaban J connectivity index is 0.00000453. The first-order valence-corrected chi connectivity index (χ1v) is 32.2. The number of allylic oxidation sites excluding steroid dienone is 6. The summed E-state index contributed by atoms with van der Waals surface area (Å²) in [5.74, 6) is -7.40. The number of rotatable bonds is 26. The molecule has 6 aliphatic heterocycles. The molecular formula is C63H88CoN14O14P. The number of hydrogen-bond donors (Lipinski definition) is 9. The molecule has 0 spiro atoms. The van der Waals surface area contributed by atoms with Crippen LogP contribution in [0.1, 0.15) is 150 Å². The topological polar surface area (TPSA) is 489 Å². The summed E-state index contributed by atoms with van der Waals surface area (Å²) < 4.78 is 31.9. The van der Waals surface area contributed by atoms with Gasteiger partial charge < -0.3 is 90.3 Å². The van der Waals surface area contributed by atoms with Crippen molar-refractivity contribution in [2.45, 2.75) is 189 Å². The molecule has 2 fully saturated rings. The first-order chi connectivity index (χ1) is 42.8. The number of carbonyl (C=O) groups is 7. The van der Waals surface area contributed by atoms with Gasteiger partial charge >= 0.3 is 16.8 Å². The van der Waals surface area contributed by atoms with Crippen molar-refractivity contribution >= 4 is 77.3 Å². The van der Waals surface area contributed by atoms with Crippen LogP contribution in [0.2, 0.25) is 0 Å². The van der Waals surface area contributed by atoms with E-state index in [1.165, 1.54) is 17.8 Å². The number of phosphoric ester groups is 1. The number of fused-ring (bicyclic) bond motifs is 7. The fourth-order valence-corrected chi connectivity index (χ4v) is 16.4. The summed E-state index contributed by atoms with van der Waals surface area (Å²) in [4.78, 5) is 128. The van der Waals surface area contributed by atoms with Gasteiger partial charge in [0.1, 0.15) is 18.3 Å². The van der Waals surface area contributed by atoms with Gasteiger partial charge in [-0.05, 0) is 119 Å². The van der Waals surface area contributed by atoms with Crippen LogP contribution in [0.3, 0.4) is 0 Å². The van der Waals surface area contributed by atoms with Gasteiger partial charge in [0.05, 0.1) is 41.3 Å². The molecule has 0 radical (unpaired) electrons. The zero-order chi connectivity index (χ0) is 68.7. The number of phosphoric acid groups is 1. The number of aliphatic hydroxyl groups is 2. The number of amides is 7. The Morgan fingerprint density at radius 1 is 0.806 bits per heavy atom. The SMILES string of the molecule is C/C1=C2/[N-]C([C@H](CC(N)=O)[C@@]2(C)CCC(=O)NC[C@H](C)OP(=O)([O-])OC2C(CO)OC(n3cnc4cc(C)c(C)cc43)C2O)[C@]2(C)N=C(/C(C)=C3N=C(/C=C4N=C1[C@@H](CCC(N)=O)C\4(C)C)[C@@H](CCC(N)=O)[C@]\3(C)CC(N)=O)[C@@H](CCC(N)=O)[C@]2(C)CC(N)=O.[C-]#N.[Co+3]. The summed E-state index contributed by atoms with van der Waals surface area (Å²) in [6.45, 7) is 23.7. The van der Waals surface area contributed by atoms with Crippen molar-refractivity contribution in [3.05, 3.63) is 75.8 Å². The molecule has 7 heterocycles. The summed E-state index contributed by atoms with van der Waals surface area (Å²) in [7, 11) is -5.32. The van der Waals surface area contributed by atoms with Gasteiger partial charge in [0, 0.05) is 108 Å². The predicted molar refractivity (Wildman–Crippen MR) is 337 cm³/mol. The average Bonchev–Trinajstić information content (AvgIpc) is 1.53. The Bertz CT molecular complexity index is 3600. The number of aryl methyl sites for hydroxylation is 2. The number of benzene rings is 1. The van der Waals surface area contributed by atoms with E-state index in [9.17, 15) is 53.2 Å². The number of nitrogens with one attached hydrogen (secondary N) is 1. The van der Waals surface area contributed by atoms with E-state index in [-0.39, 0.29) is 94.0 Å². The van der Waals surface area contributed by atoms with E-state index in [1.807, 2.05) is 80.5 Å². The molecule has 508 valence electrons. The summed E-state index contributed by atoms with van der Waals surface area (Å²) in [6, 6.07) is 2.65. The summed E-state index contributed by atoms with van der Waals surface area (Å²) in [6.07, 6.45) is -4.79. The number of imidazole rings is 1. The molecule has 6 unspecified atom stereocenters. The zero-order valence-corrected chi connectivity index (χ0v) is 56.4. The second kappa shape index (κ2) is 28.5. The third-order valence-corrected chi connectivity index (χ3v) is 21.6. The van der Waals surface area contributed by atoms with E-state index >= 15 is 0 Å². The van der Waals surface area contributed by atoms with Gasteiger partial charge in [-0.1, -0.05) is 40.7 Å². The number of aliphatic imine (C=N–C) groups is 3. The van der Waals surface area contributed by atoms with Crippen molar-refractivity contribution in [3.8, 4) is 0 Å². The van der Waals surface area contributed by atoms with Crippen molar-refractivity contribution < 1.29 is 83.8 Å². The third kappa shape index (κ3) is 14.6. The number of carbonyl (C=O) groups excluding carboxylic acids is 7. The molecule has 1 aromatic carbocycles. The maximum atomic E-state index is 14.4. The number of nitrogens with two attached hydrogens (primary N) is 6. The Morgan fingerprint density at radius 3 is 1.96 bits per heavy atom. The standard InChI is InChI=1S/C62H90N13O14P.CN.Co/c1-29-20-39-40(21-30(29)2)75(28-70-39)57-52(84)53(41(27-76)87-57)89-90(85,86)88-31(3)26-69-49(83)18-19-59(8)37(22-46(66)80)56-62(11)61(10,25-48(68)82)36(14-17-45(65)79)51(74-62)33(5)55-60(9,24-47(67)81)34(12-15-43(63)77)38(71-55)23-42-58(6,7)35(13-16-44(64)78)50(72-42)32(4)54(59)73-56;1-2;/h20-21,23,28,31,34-37,41,52-53,56-57,76,84H,12-19,22,24-27H2,1-11H3,(H15,63,64,65,66,67,68,69,71,72,73,74,77,78,79,80,81,82,83,85,86);;/q;-1;+3/p-2/t31-,34+,35+,36+,37-,41?,52?,53?,56?,57?,59+,60-,61-,62-;;/m0../s1. The van der Waals surface area contributed by atoms with Crippen LogP contribution in [-0.4, -0.2) is 127 Å². The Kier molecular flexibility index (Phi) is 23.0. The largest absolute Gasteiger partial charge is 3.00 e. The molecule has 30 heteroatoms. The van der Waals surface area contributed by atoms with E-state index in [4.69, 9.17) is 80.3 Å². The Hall–Kier alpha value is -7.00. The smallest absolute Gasteiger partial charge is 0.756 e. The second-order valence-corrected chi connectivity index (χ2v) is 28.3. The molecule has 0 aliphatic carbocycles. The summed E-state index contributed by atoms with van der Waals surface area (Å²) >= 11 is 0. The van der Waals surface area contributed by atoms with Gasteiger partial charge in [-0.15, -0.1) is 0 Å². The normalized spacial score (nSPS) is 33.1. The van der Waals surface area contributed by atoms with Crippen molar-refractivity contribution in [1.82, 2.24) is 14.9 Å². The van der Waals surface area contributed by atoms with Crippen molar-refractivity contribution in [3.63, 3.8) is 0 Å². The van der Waals surface area contributed by atoms with Crippen LogP contribution in [0.4, 0.5) is 0 Å². The van der Waals surface area contributed by atoms with Crippen LogP contribution in [0.15, 0.2) is 67.8 Å². The van der Waals surface area contributed by atoms with E-state index in [0.29, 0.717) is 56.4 Å². The minimum Gasteiger partial charge on any atom is -0.756 e. The van der Waals surface area contributed by atoms with E-state index in [0.717, 1.165) is 11.1 Å². The van der Waals surface area contributed by atoms with Crippen molar-refractivity contribution in [1.29, 1.82) is 5.26 Å². The molecule has 93 heavy (non-hydrogen) atoms. The molecule has 1 aromatic heterocycles. The fraction of sp³-hybridized carbons (Fsp3) is 0.619. The van der Waals surface area contributed by atoms with Crippen molar-refractivity contribution in [2.24, 2.45) is 94.7 Å². The summed E-state index contributed by atoms with van der Waals surface area (Å²) in [5, 5.41) is 36.4. The molecular weight excluding hydrogens is 1270 g/mol. The van der Waals surface area contributed by atoms with Crippen LogP contribution < -0.4 is 44.6 Å². The van der Waals surface area contributed by atoms with Crippen LogP contribution in [0.5, 0.6) is 0 Å². The molecule has 6 aliphatic rings. The number of nitrogens with zero attached hydrogens (tertiary/aromatic N) is 7. The number of hydrogen-bond acceptors (Lipinski definition) is 19. The van der Waals surface area contributed by atoms with Gasteiger partial charge in [-0.25, -0.2) is 4.98 Å². The van der Waals surface area contributed by atoms with E-state index in [1.54, 1.807) is 6.92 Å². The van der Waals surface area contributed by atoms with Gasteiger partial charge in [-0.2, -0.15) is 5.70 Å². The summed E-state index contributed by atoms with van der Waals surface area (Å²) in [5.41, 5.74) is 36.7. The average molecular weight is 1360 g/mol. The molecule has 28 nitrogen and oxygen atoms in total.